The monoisotopic (exact) mass is 309 g/mol. The molecule has 0 radical (unpaired) electrons. The molecule has 6 nitrogen and oxygen atoms in total. The van der Waals surface area contributed by atoms with Gasteiger partial charge in [-0.3, -0.25) is 9.48 Å². The first-order valence-corrected chi connectivity index (χ1v) is 7.56. The lowest BCUT2D eigenvalue weighted by Crippen LogP contribution is -2.19. The van der Waals surface area contributed by atoms with Crippen LogP contribution in [0, 0.1) is 0 Å². The molecule has 0 fully saturated rings. The molecule has 2 aromatic heterocycles. The number of allylic oxidation sites excluding steroid dienone is 4. The van der Waals surface area contributed by atoms with Gasteiger partial charge in [-0.15, -0.1) is 0 Å². The van der Waals surface area contributed by atoms with E-state index >= 15 is 0 Å². The second kappa shape index (κ2) is 6.56. The Morgan fingerprint density at radius 3 is 3.00 bits per heavy atom. The number of nitrogens with zero attached hydrogens (tertiary/aromatic N) is 5. The zero-order valence-corrected chi connectivity index (χ0v) is 13.3. The van der Waals surface area contributed by atoms with Crippen LogP contribution in [0.3, 0.4) is 0 Å². The van der Waals surface area contributed by atoms with Crippen molar-refractivity contribution in [1.29, 1.82) is 0 Å². The van der Waals surface area contributed by atoms with Crippen molar-refractivity contribution in [2.75, 3.05) is 4.90 Å². The molecule has 0 aliphatic carbocycles. The van der Waals surface area contributed by atoms with Crippen LogP contribution < -0.4 is 4.90 Å². The maximum atomic E-state index is 10.8. The highest BCUT2D eigenvalue weighted by atomic mass is 16.1. The Kier molecular flexibility index (Phi) is 4.32. The highest BCUT2D eigenvalue weighted by Gasteiger charge is 2.24. The molecule has 0 unspecified atom stereocenters. The van der Waals surface area contributed by atoms with Crippen LogP contribution in [0.25, 0.3) is 0 Å². The second-order valence-corrected chi connectivity index (χ2v) is 5.59. The fraction of sp³-hybridized carbons (Fsp3) is 0.294. The van der Waals surface area contributed by atoms with E-state index in [1.54, 1.807) is 12.3 Å². The maximum absolute atomic E-state index is 10.8. The molecular formula is C17H19N5O. The number of aromatic nitrogens is 4. The summed E-state index contributed by atoms with van der Waals surface area (Å²) in [6, 6.07) is 1.60. The van der Waals surface area contributed by atoms with Gasteiger partial charge in [0.05, 0.1) is 18.8 Å². The van der Waals surface area contributed by atoms with Crippen LogP contribution in [-0.2, 0) is 19.6 Å². The van der Waals surface area contributed by atoms with Crippen molar-refractivity contribution in [3.05, 3.63) is 59.2 Å². The first-order valence-electron chi connectivity index (χ1n) is 7.56. The van der Waals surface area contributed by atoms with Crippen molar-refractivity contribution in [2.45, 2.75) is 33.5 Å². The van der Waals surface area contributed by atoms with Gasteiger partial charge in [0.15, 0.2) is 6.29 Å². The van der Waals surface area contributed by atoms with Gasteiger partial charge in [0.2, 0.25) is 5.95 Å². The van der Waals surface area contributed by atoms with Crippen LogP contribution >= 0.6 is 0 Å². The first-order chi connectivity index (χ1) is 11.2. The van der Waals surface area contributed by atoms with Crippen LogP contribution in [-0.4, -0.2) is 26.0 Å². The van der Waals surface area contributed by atoms with E-state index in [0.29, 0.717) is 18.2 Å². The molecule has 2 aromatic rings. The fourth-order valence-electron chi connectivity index (χ4n) is 2.58. The van der Waals surface area contributed by atoms with E-state index in [-0.39, 0.29) is 0 Å². The zero-order valence-electron chi connectivity index (χ0n) is 13.3. The molecule has 6 heteroatoms. The molecule has 0 bridgehead atoms. The first kappa shape index (κ1) is 15.1. The standard InChI is InChI=1S/C17H19N5O/c1-3-4-5-13(2)8-22-10-14-9-21(11-16(14)20-22)17-18-7-6-15(12-23)19-17/h3-7,10,12H,8-9,11H2,1-2H3/b4-3-,13-5+. The Bertz CT molecular complexity index is 752. The highest BCUT2D eigenvalue weighted by molar-refractivity contribution is 5.72. The van der Waals surface area contributed by atoms with Crippen LogP contribution in [0.1, 0.15) is 35.6 Å². The minimum atomic E-state index is 0.398. The third-order valence-corrected chi connectivity index (χ3v) is 3.68. The molecule has 3 rings (SSSR count). The maximum Gasteiger partial charge on any atom is 0.226 e. The summed E-state index contributed by atoms with van der Waals surface area (Å²) in [6.07, 6.45) is 10.6. The van der Waals surface area contributed by atoms with Gasteiger partial charge >= 0.3 is 0 Å². The predicted octanol–water partition coefficient (Wildman–Crippen LogP) is 2.53. The molecule has 3 heterocycles. The second-order valence-electron chi connectivity index (χ2n) is 5.59. The van der Waals surface area contributed by atoms with Crippen LogP contribution in [0.2, 0.25) is 0 Å². The van der Waals surface area contributed by atoms with E-state index in [2.05, 4.69) is 34.3 Å². The van der Waals surface area contributed by atoms with E-state index in [9.17, 15) is 4.79 Å². The lowest BCUT2D eigenvalue weighted by Gasteiger charge is -2.15. The number of hydrogen-bond acceptors (Lipinski definition) is 5. The van der Waals surface area contributed by atoms with Gasteiger partial charge in [-0.2, -0.15) is 5.10 Å². The molecule has 1 aliphatic heterocycles. The largest absolute Gasteiger partial charge is 0.330 e. The Morgan fingerprint density at radius 2 is 2.26 bits per heavy atom. The summed E-state index contributed by atoms with van der Waals surface area (Å²) in [7, 11) is 0. The third kappa shape index (κ3) is 3.36. The number of carbonyl (C=O) groups excluding carboxylic acids is 1. The summed E-state index contributed by atoms with van der Waals surface area (Å²) >= 11 is 0. The van der Waals surface area contributed by atoms with Crippen molar-refractivity contribution < 1.29 is 4.79 Å². The highest BCUT2D eigenvalue weighted by Crippen LogP contribution is 2.25. The van der Waals surface area contributed by atoms with Crippen molar-refractivity contribution in [3.8, 4) is 0 Å². The van der Waals surface area contributed by atoms with Crippen LogP contribution in [0.5, 0.6) is 0 Å². The Labute approximate surface area is 135 Å². The Balaban J connectivity index is 1.71. The van der Waals surface area contributed by atoms with Gasteiger partial charge in [0, 0.05) is 24.5 Å². The minimum absolute atomic E-state index is 0.398. The van der Waals surface area contributed by atoms with Crippen molar-refractivity contribution in [3.63, 3.8) is 0 Å². The van der Waals surface area contributed by atoms with Gasteiger partial charge in [-0.1, -0.05) is 23.8 Å². The molecule has 0 spiro atoms. The van der Waals surface area contributed by atoms with E-state index in [1.807, 2.05) is 28.7 Å². The zero-order chi connectivity index (χ0) is 16.2. The van der Waals surface area contributed by atoms with Crippen molar-refractivity contribution >= 4 is 12.2 Å². The van der Waals surface area contributed by atoms with Gasteiger partial charge < -0.3 is 4.90 Å². The average Bonchev–Trinajstić information content (AvgIpc) is 3.11. The van der Waals surface area contributed by atoms with Gasteiger partial charge in [-0.05, 0) is 19.9 Å². The van der Waals surface area contributed by atoms with Gasteiger partial charge in [0.1, 0.15) is 5.69 Å². The Hall–Kier alpha value is -2.76. The molecular weight excluding hydrogens is 290 g/mol. The summed E-state index contributed by atoms with van der Waals surface area (Å²) in [4.78, 5) is 21.3. The lowest BCUT2D eigenvalue weighted by atomic mass is 10.2. The molecule has 118 valence electrons. The number of anilines is 1. The number of aldehydes is 1. The van der Waals surface area contributed by atoms with Gasteiger partial charge in [-0.25, -0.2) is 9.97 Å². The summed E-state index contributed by atoms with van der Waals surface area (Å²) in [5, 5.41) is 4.64. The van der Waals surface area contributed by atoms with E-state index in [1.165, 1.54) is 11.1 Å². The van der Waals surface area contributed by atoms with Gasteiger partial charge in [0.25, 0.3) is 0 Å². The lowest BCUT2D eigenvalue weighted by molar-refractivity contribution is 0.111. The Morgan fingerprint density at radius 1 is 1.39 bits per heavy atom. The molecule has 0 N–H and O–H groups in total. The molecule has 0 atom stereocenters. The number of fused-ring (bicyclic) bond motifs is 1. The molecule has 0 aromatic carbocycles. The summed E-state index contributed by atoms with van der Waals surface area (Å²) in [6.45, 7) is 6.27. The SMILES string of the molecule is C/C=C\C=C(/C)Cn1cc2c(n1)CN(c1nccc(C=O)n1)C2. The average molecular weight is 309 g/mol. The van der Waals surface area contributed by atoms with Crippen molar-refractivity contribution in [1.82, 2.24) is 19.7 Å². The quantitative estimate of drug-likeness (QED) is 0.627. The molecule has 0 saturated heterocycles. The normalized spacial score (nSPS) is 14.5. The number of rotatable bonds is 5. The summed E-state index contributed by atoms with van der Waals surface area (Å²) < 4.78 is 1.97. The van der Waals surface area contributed by atoms with Crippen LogP contribution in [0.15, 0.2) is 42.3 Å². The van der Waals surface area contributed by atoms with Crippen LogP contribution in [0.4, 0.5) is 5.95 Å². The minimum Gasteiger partial charge on any atom is -0.330 e. The summed E-state index contributed by atoms with van der Waals surface area (Å²) in [5.41, 5.74) is 3.88. The topological polar surface area (TPSA) is 63.9 Å². The van der Waals surface area contributed by atoms with E-state index in [0.717, 1.165) is 25.1 Å². The smallest absolute Gasteiger partial charge is 0.226 e. The predicted molar refractivity (Wildman–Crippen MR) is 88.1 cm³/mol. The summed E-state index contributed by atoms with van der Waals surface area (Å²) in [5.74, 6) is 0.573. The molecule has 0 saturated carbocycles. The van der Waals surface area contributed by atoms with E-state index in [4.69, 9.17) is 0 Å². The molecule has 1 aliphatic rings. The third-order valence-electron chi connectivity index (χ3n) is 3.68. The number of carbonyl (C=O) groups is 1. The molecule has 0 amide bonds. The van der Waals surface area contributed by atoms with E-state index < -0.39 is 0 Å². The number of hydrogen-bond donors (Lipinski definition) is 0. The van der Waals surface area contributed by atoms with Crippen molar-refractivity contribution in [2.24, 2.45) is 0 Å². The molecule has 23 heavy (non-hydrogen) atoms. The fourth-order valence-corrected chi connectivity index (χ4v) is 2.58.